The Morgan fingerprint density at radius 1 is 0.755 bits per heavy atom. The lowest BCUT2D eigenvalue weighted by Crippen LogP contribution is -2.49. The lowest BCUT2D eigenvalue weighted by atomic mass is 9.85. The SMILES string of the molecule is CO[C@@H]([C@@H]1CCCN1)[C@@H](C)C(=O)C[C@H](C)[C@@H](O)c1ccccc1.CO[C@H]([C@@H](C)C(=O)C[C@H](C)[C@@H](O)c1ccccc1)[C@@H]1CCCN1C(=O)OC(C)(C)C. The fraction of sp³-hybridized carbons (Fsp3) is 0.651. The summed E-state index contributed by atoms with van der Waals surface area (Å²) in [5.41, 5.74) is 1.10. The van der Waals surface area contributed by atoms with Crippen LogP contribution in [0.1, 0.15) is 110 Å². The highest BCUT2D eigenvalue weighted by Crippen LogP contribution is 2.32. The molecule has 0 radical (unpaired) electrons. The Kier molecular flexibility index (Phi) is 17.6. The molecule has 296 valence electrons. The molecule has 10 atom stereocenters. The number of carbonyl (C=O) groups is 3. The molecule has 2 fully saturated rings. The third kappa shape index (κ3) is 13.0. The minimum absolute atomic E-state index is 0.0281. The molecule has 2 aromatic carbocycles. The number of ketones is 2. The first kappa shape index (κ1) is 44.2. The fourth-order valence-corrected chi connectivity index (χ4v) is 7.64. The van der Waals surface area contributed by atoms with Gasteiger partial charge in [-0.2, -0.15) is 0 Å². The van der Waals surface area contributed by atoms with Gasteiger partial charge in [0.25, 0.3) is 0 Å². The summed E-state index contributed by atoms with van der Waals surface area (Å²) in [5, 5.41) is 24.4. The highest BCUT2D eigenvalue weighted by atomic mass is 16.6. The number of carbonyl (C=O) groups excluding carboxylic acids is 3. The molecule has 4 rings (SSSR count). The van der Waals surface area contributed by atoms with Crippen LogP contribution in [0.2, 0.25) is 0 Å². The second-order valence-electron chi connectivity index (χ2n) is 16.1. The van der Waals surface area contributed by atoms with E-state index in [1.807, 2.05) is 109 Å². The molecule has 10 heteroatoms. The van der Waals surface area contributed by atoms with Crippen molar-refractivity contribution < 1.29 is 38.8 Å². The van der Waals surface area contributed by atoms with Crippen molar-refractivity contribution in [2.45, 2.75) is 129 Å². The number of aliphatic hydroxyl groups is 2. The molecule has 0 spiro atoms. The minimum Gasteiger partial charge on any atom is -0.444 e. The molecule has 0 aromatic heterocycles. The third-order valence-electron chi connectivity index (χ3n) is 10.8. The van der Waals surface area contributed by atoms with Crippen molar-refractivity contribution in [3.8, 4) is 0 Å². The number of aliphatic hydroxyl groups excluding tert-OH is 2. The molecule has 2 heterocycles. The summed E-state index contributed by atoms with van der Waals surface area (Å²) in [5.74, 6) is -0.699. The van der Waals surface area contributed by atoms with E-state index >= 15 is 0 Å². The zero-order chi connectivity index (χ0) is 39.3. The Bertz CT molecular complexity index is 1390. The predicted octanol–water partition coefficient (Wildman–Crippen LogP) is 7.08. The fourth-order valence-electron chi connectivity index (χ4n) is 7.64. The monoisotopic (exact) mass is 738 g/mol. The van der Waals surface area contributed by atoms with Gasteiger partial charge in [-0.05, 0) is 76.0 Å². The van der Waals surface area contributed by atoms with Crippen molar-refractivity contribution in [1.82, 2.24) is 10.2 Å². The third-order valence-corrected chi connectivity index (χ3v) is 10.8. The summed E-state index contributed by atoms with van der Waals surface area (Å²) >= 11 is 0. The van der Waals surface area contributed by atoms with Crippen molar-refractivity contribution in [2.75, 3.05) is 27.3 Å². The number of amides is 1. The quantitative estimate of drug-likeness (QED) is 0.165. The second-order valence-corrected chi connectivity index (χ2v) is 16.1. The summed E-state index contributed by atoms with van der Waals surface area (Å²) < 4.78 is 16.9. The molecule has 10 nitrogen and oxygen atoms in total. The van der Waals surface area contributed by atoms with Crippen LogP contribution < -0.4 is 5.32 Å². The number of hydrogen-bond acceptors (Lipinski definition) is 9. The van der Waals surface area contributed by atoms with Crippen molar-refractivity contribution in [2.24, 2.45) is 23.7 Å². The topological polar surface area (TPSA) is 135 Å². The van der Waals surface area contributed by atoms with Crippen LogP contribution in [0.3, 0.4) is 0 Å². The van der Waals surface area contributed by atoms with Gasteiger partial charge in [-0.15, -0.1) is 0 Å². The number of ether oxygens (including phenoxy) is 3. The van der Waals surface area contributed by atoms with E-state index in [1.54, 1.807) is 19.1 Å². The van der Waals surface area contributed by atoms with E-state index in [-0.39, 0.29) is 60.0 Å². The zero-order valence-corrected chi connectivity index (χ0v) is 33.5. The lowest BCUT2D eigenvalue weighted by molar-refractivity contribution is -0.130. The van der Waals surface area contributed by atoms with Gasteiger partial charge in [0.2, 0.25) is 0 Å². The van der Waals surface area contributed by atoms with Gasteiger partial charge < -0.3 is 34.6 Å². The van der Waals surface area contributed by atoms with Crippen LogP contribution in [0.25, 0.3) is 0 Å². The molecule has 2 aromatic rings. The minimum atomic E-state index is -0.701. The maximum absolute atomic E-state index is 13.0. The van der Waals surface area contributed by atoms with Crippen LogP contribution >= 0.6 is 0 Å². The summed E-state index contributed by atoms with van der Waals surface area (Å²) in [6, 6.07) is 19.0. The molecule has 0 unspecified atom stereocenters. The molecule has 1 amide bonds. The molecule has 0 saturated carbocycles. The number of benzene rings is 2. The van der Waals surface area contributed by atoms with E-state index in [0.29, 0.717) is 13.0 Å². The van der Waals surface area contributed by atoms with Gasteiger partial charge in [0.15, 0.2) is 0 Å². The van der Waals surface area contributed by atoms with Gasteiger partial charge in [-0.1, -0.05) is 88.4 Å². The number of nitrogens with zero attached hydrogens (tertiary/aromatic N) is 1. The van der Waals surface area contributed by atoms with Gasteiger partial charge in [-0.3, -0.25) is 9.59 Å². The Morgan fingerprint density at radius 3 is 1.64 bits per heavy atom. The molecule has 0 aliphatic carbocycles. The van der Waals surface area contributed by atoms with Gasteiger partial charge in [-0.25, -0.2) is 4.79 Å². The summed E-state index contributed by atoms with van der Waals surface area (Å²) in [7, 11) is 3.26. The first-order chi connectivity index (χ1) is 25.1. The van der Waals surface area contributed by atoms with Gasteiger partial charge in [0.1, 0.15) is 17.2 Å². The maximum Gasteiger partial charge on any atom is 0.410 e. The van der Waals surface area contributed by atoms with Crippen LogP contribution in [0.4, 0.5) is 4.79 Å². The maximum atomic E-state index is 13.0. The Labute approximate surface area is 318 Å². The number of hydrogen-bond donors (Lipinski definition) is 3. The Balaban J connectivity index is 0.000000295. The molecule has 53 heavy (non-hydrogen) atoms. The van der Waals surface area contributed by atoms with Crippen molar-refractivity contribution >= 4 is 17.7 Å². The van der Waals surface area contributed by atoms with E-state index in [4.69, 9.17) is 14.2 Å². The van der Waals surface area contributed by atoms with E-state index in [2.05, 4.69) is 5.32 Å². The number of likely N-dealkylation sites (tertiary alicyclic amines) is 1. The zero-order valence-electron chi connectivity index (χ0n) is 33.5. The number of nitrogens with one attached hydrogen (secondary N) is 1. The number of methoxy groups -OCH3 is 2. The van der Waals surface area contributed by atoms with Crippen LogP contribution in [-0.4, -0.2) is 90.0 Å². The lowest BCUT2D eigenvalue weighted by Gasteiger charge is -2.35. The molecule has 0 bridgehead atoms. The second kappa shape index (κ2) is 21.1. The van der Waals surface area contributed by atoms with Crippen LogP contribution in [0, 0.1) is 23.7 Å². The summed E-state index contributed by atoms with van der Waals surface area (Å²) in [6.45, 7) is 14.7. The van der Waals surface area contributed by atoms with Crippen LogP contribution in [0.15, 0.2) is 60.7 Å². The highest BCUT2D eigenvalue weighted by molar-refractivity contribution is 5.82. The molecule has 2 saturated heterocycles. The molecule has 2 aliphatic heterocycles. The van der Waals surface area contributed by atoms with Gasteiger partial charge in [0, 0.05) is 51.5 Å². The number of rotatable bonds is 16. The van der Waals surface area contributed by atoms with Gasteiger partial charge >= 0.3 is 6.09 Å². The van der Waals surface area contributed by atoms with Crippen LogP contribution in [0.5, 0.6) is 0 Å². The molecule has 2 aliphatic rings. The van der Waals surface area contributed by atoms with Crippen molar-refractivity contribution in [1.29, 1.82) is 0 Å². The molecular weight excluding hydrogens is 672 g/mol. The first-order valence-electron chi connectivity index (χ1n) is 19.4. The van der Waals surface area contributed by atoms with Gasteiger partial charge in [0.05, 0.1) is 30.5 Å². The molecule has 3 N–H and O–H groups in total. The smallest absolute Gasteiger partial charge is 0.410 e. The number of Topliss-reactive ketones (excluding diaryl/α,β-unsaturated/α-hetero) is 2. The Morgan fingerprint density at radius 2 is 1.23 bits per heavy atom. The van der Waals surface area contributed by atoms with Crippen LogP contribution in [-0.2, 0) is 23.8 Å². The van der Waals surface area contributed by atoms with E-state index in [1.165, 1.54) is 0 Å². The van der Waals surface area contributed by atoms with Crippen molar-refractivity contribution in [3.05, 3.63) is 71.8 Å². The largest absolute Gasteiger partial charge is 0.444 e. The summed E-state index contributed by atoms with van der Waals surface area (Å²) in [4.78, 5) is 40.0. The standard InChI is InChI=1S/C24H37NO5.C19H29NO3/c1-16(21(27)18-11-8-7-9-12-18)15-20(26)17(2)22(29-6)19-13-10-14-25(19)23(28)30-24(3,4)5;1-13(18(22)15-8-5-4-6-9-15)12-17(21)14(2)19(23-3)16-10-7-11-20-16/h7-9,11-12,16-17,19,21-22,27H,10,13-15H2,1-6H3;4-6,8-9,13-14,16,18-20,22H,7,10-12H2,1-3H3/t16-,17-,19-,21+,22+;13-,14-,16-,18+,19+/m00/s1. The Hall–Kier alpha value is -3.15. The highest BCUT2D eigenvalue weighted by Gasteiger charge is 2.41. The molecular formula is C43H66N2O8. The van der Waals surface area contributed by atoms with E-state index < -0.39 is 29.8 Å². The van der Waals surface area contributed by atoms with E-state index in [0.717, 1.165) is 43.4 Å². The van der Waals surface area contributed by atoms with Crippen molar-refractivity contribution in [3.63, 3.8) is 0 Å². The van der Waals surface area contributed by atoms with E-state index in [9.17, 15) is 24.6 Å². The first-order valence-corrected chi connectivity index (χ1v) is 19.4. The average molecular weight is 739 g/mol. The predicted molar refractivity (Wildman–Crippen MR) is 207 cm³/mol. The summed E-state index contributed by atoms with van der Waals surface area (Å²) in [6.07, 6.45) is 2.25. The average Bonchev–Trinajstić information content (AvgIpc) is 3.85. The normalized spacial score (nSPS) is 22.0.